The molecule has 0 amide bonds. The Morgan fingerprint density at radius 3 is 2.48 bits per heavy atom. The Morgan fingerprint density at radius 2 is 1.95 bits per heavy atom. The molecule has 0 spiro atoms. The number of nitrogens with one attached hydrogen (secondary N) is 1. The second-order valence-corrected chi connectivity index (χ2v) is 9.42. The van der Waals surface area contributed by atoms with Crippen molar-refractivity contribution >= 4 is 9.84 Å². The summed E-state index contributed by atoms with van der Waals surface area (Å²) in [5, 5.41) is 3.44. The van der Waals surface area contributed by atoms with Crippen LogP contribution in [0.4, 0.5) is 0 Å². The third-order valence-electron chi connectivity index (χ3n) is 3.80. The summed E-state index contributed by atoms with van der Waals surface area (Å²) in [7, 11) is -1.65. The van der Waals surface area contributed by atoms with Crippen LogP contribution in [-0.4, -0.2) is 26.3 Å². The minimum absolute atomic E-state index is 0.0109. The average Bonchev–Trinajstić information content (AvgIpc) is 3.19. The van der Waals surface area contributed by atoms with Crippen molar-refractivity contribution < 1.29 is 13.2 Å². The maximum absolute atomic E-state index is 12.4. The van der Waals surface area contributed by atoms with Gasteiger partial charge in [0.25, 0.3) is 0 Å². The van der Waals surface area contributed by atoms with Crippen molar-refractivity contribution in [2.24, 2.45) is 0 Å². The number of sulfone groups is 1. The van der Waals surface area contributed by atoms with Crippen molar-refractivity contribution in [2.75, 3.05) is 7.11 Å². The molecule has 1 aromatic rings. The van der Waals surface area contributed by atoms with E-state index < -0.39 is 14.6 Å². The third kappa shape index (κ3) is 4.20. The number of hydrogen-bond acceptors (Lipinski definition) is 4. The minimum atomic E-state index is -3.22. The molecule has 0 heterocycles. The lowest BCUT2D eigenvalue weighted by atomic mass is 10.1. The molecule has 0 saturated heterocycles. The van der Waals surface area contributed by atoms with Crippen molar-refractivity contribution in [1.82, 2.24) is 5.32 Å². The van der Waals surface area contributed by atoms with Gasteiger partial charge in [-0.1, -0.05) is 6.07 Å². The third-order valence-corrected chi connectivity index (χ3v) is 6.35. The van der Waals surface area contributed by atoms with Gasteiger partial charge in [0.2, 0.25) is 0 Å². The molecule has 0 radical (unpaired) electrons. The molecule has 1 aliphatic carbocycles. The van der Waals surface area contributed by atoms with E-state index in [1.54, 1.807) is 27.9 Å². The zero-order valence-electron chi connectivity index (χ0n) is 13.3. The summed E-state index contributed by atoms with van der Waals surface area (Å²) in [4.78, 5) is 0. The Bertz CT molecular complexity index is 598. The first-order valence-electron chi connectivity index (χ1n) is 7.34. The number of hydrogen-bond donors (Lipinski definition) is 1. The molecule has 1 fully saturated rings. The monoisotopic (exact) mass is 311 g/mol. The van der Waals surface area contributed by atoms with Crippen molar-refractivity contribution in [3.63, 3.8) is 0 Å². The van der Waals surface area contributed by atoms with Crippen LogP contribution in [0.3, 0.4) is 0 Å². The van der Waals surface area contributed by atoms with Gasteiger partial charge >= 0.3 is 0 Å². The lowest BCUT2D eigenvalue weighted by molar-refractivity contribution is 0.410. The Labute approximate surface area is 127 Å². The molecule has 1 N–H and O–H groups in total. The van der Waals surface area contributed by atoms with E-state index in [1.807, 2.05) is 18.2 Å². The molecular formula is C16H25NO3S. The molecule has 1 aliphatic rings. The maximum Gasteiger partial charge on any atom is 0.159 e. The molecule has 1 saturated carbocycles. The van der Waals surface area contributed by atoms with E-state index in [0.717, 1.165) is 17.7 Å². The molecule has 118 valence electrons. The van der Waals surface area contributed by atoms with E-state index in [0.29, 0.717) is 11.8 Å². The number of methoxy groups -OCH3 is 1. The van der Waals surface area contributed by atoms with Crippen LogP contribution in [0.25, 0.3) is 0 Å². The van der Waals surface area contributed by atoms with Gasteiger partial charge in [-0.15, -0.1) is 0 Å². The van der Waals surface area contributed by atoms with Gasteiger partial charge in [0.15, 0.2) is 9.84 Å². The second kappa shape index (κ2) is 5.97. The summed E-state index contributed by atoms with van der Waals surface area (Å²) < 4.78 is 29.4. The molecule has 4 nitrogen and oxygen atoms in total. The minimum Gasteiger partial charge on any atom is -0.496 e. The van der Waals surface area contributed by atoms with Crippen molar-refractivity contribution in [2.45, 2.75) is 56.7 Å². The zero-order valence-corrected chi connectivity index (χ0v) is 14.1. The first kappa shape index (κ1) is 16.3. The van der Waals surface area contributed by atoms with Gasteiger partial charge in [0.05, 0.1) is 17.6 Å². The topological polar surface area (TPSA) is 55.4 Å². The standard InChI is InChI=1S/C16H25NO3S/c1-16(2,3)21(18,19)11-13-9-12(5-8-15(13)20-4)10-17-14-6-7-14/h5,8-9,14,17H,6-7,10-11H2,1-4H3. The van der Waals surface area contributed by atoms with Gasteiger partial charge in [-0.3, -0.25) is 0 Å². The average molecular weight is 311 g/mol. The van der Waals surface area contributed by atoms with Gasteiger partial charge in [-0.25, -0.2) is 8.42 Å². The van der Waals surface area contributed by atoms with Gasteiger partial charge < -0.3 is 10.1 Å². The lowest BCUT2D eigenvalue weighted by Gasteiger charge is -2.20. The molecule has 0 unspecified atom stereocenters. The van der Waals surface area contributed by atoms with Gasteiger partial charge in [0.1, 0.15) is 5.75 Å². The smallest absolute Gasteiger partial charge is 0.159 e. The van der Waals surface area contributed by atoms with Crippen LogP contribution in [0, 0.1) is 0 Å². The highest BCUT2D eigenvalue weighted by Crippen LogP contribution is 2.27. The van der Waals surface area contributed by atoms with Crippen LogP contribution >= 0.6 is 0 Å². The van der Waals surface area contributed by atoms with Crippen molar-refractivity contribution in [3.05, 3.63) is 29.3 Å². The van der Waals surface area contributed by atoms with Crippen LogP contribution in [-0.2, 0) is 22.1 Å². The van der Waals surface area contributed by atoms with Crippen molar-refractivity contribution in [1.29, 1.82) is 0 Å². The summed E-state index contributed by atoms with van der Waals surface area (Å²) in [6, 6.07) is 6.42. The second-order valence-electron chi connectivity index (χ2n) is 6.67. The van der Waals surface area contributed by atoms with Crippen LogP contribution in [0.2, 0.25) is 0 Å². The predicted molar refractivity (Wildman–Crippen MR) is 85.2 cm³/mol. The summed E-state index contributed by atoms with van der Waals surface area (Å²) in [6.45, 7) is 5.96. The van der Waals surface area contributed by atoms with E-state index in [-0.39, 0.29) is 5.75 Å². The zero-order chi connectivity index (χ0) is 15.7. The molecule has 1 aromatic carbocycles. The predicted octanol–water partition coefficient (Wildman–Crippen LogP) is 2.66. The van der Waals surface area contributed by atoms with Crippen LogP contribution in [0.15, 0.2) is 18.2 Å². The van der Waals surface area contributed by atoms with E-state index in [9.17, 15) is 8.42 Å². The van der Waals surface area contributed by atoms with Gasteiger partial charge in [-0.05, 0) is 51.3 Å². The quantitative estimate of drug-likeness (QED) is 0.877. The van der Waals surface area contributed by atoms with Gasteiger partial charge in [0, 0.05) is 18.2 Å². The number of ether oxygens (including phenoxy) is 1. The van der Waals surface area contributed by atoms with E-state index >= 15 is 0 Å². The molecule has 2 rings (SSSR count). The lowest BCUT2D eigenvalue weighted by Crippen LogP contribution is -2.29. The molecular weight excluding hydrogens is 286 g/mol. The normalized spacial score (nSPS) is 16.0. The fourth-order valence-corrected chi connectivity index (χ4v) is 3.09. The molecule has 0 atom stereocenters. The first-order chi connectivity index (χ1) is 9.73. The molecule has 21 heavy (non-hydrogen) atoms. The summed E-state index contributed by atoms with van der Waals surface area (Å²) >= 11 is 0. The van der Waals surface area contributed by atoms with E-state index in [1.165, 1.54) is 12.8 Å². The van der Waals surface area contributed by atoms with Crippen LogP contribution in [0.5, 0.6) is 5.75 Å². The Morgan fingerprint density at radius 1 is 1.29 bits per heavy atom. The first-order valence-corrected chi connectivity index (χ1v) is 8.99. The summed E-state index contributed by atoms with van der Waals surface area (Å²) in [5.41, 5.74) is 1.84. The largest absolute Gasteiger partial charge is 0.496 e. The summed E-state index contributed by atoms with van der Waals surface area (Å²) in [6.07, 6.45) is 2.48. The fraction of sp³-hybridized carbons (Fsp3) is 0.625. The molecule has 0 aromatic heterocycles. The molecule has 0 aliphatic heterocycles. The Kier molecular flexibility index (Phi) is 4.63. The van der Waals surface area contributed by atoms with E-state index in [4.69, 9.17) is 4.74 Å². The highest BCUT2D eigenvalue weighted by atomic mass is 32.2. The van der Waals surface area contributed by atoms with E-state index in [2.05, 4.69) is 5.32 Å². The molecule has 5 heteroatoms. The summed E-state index contributed by atoms with van der Waals surface area (Å²) in [5.74, 6) is 0.648. The van der Waals surface area contributed by atoms with Crippen molar-refractivity contribution in [3.8, 4) is 5.75 Å². The highest BCUT2D eigenvalue weighted by molar-refractivity contribution is 7.91. The Balaban J connectivity index is 2.20. The fourth-order valence-electron chi connectivity index (χ4n) is 2.03. The van der Waals surface area contributed by atoms with Crippen LogP contribution in [0.1, 0.15) is 44.7 Å². The maximum atomic E-state index is 12.4. The number of benzene rings is 1. The molecule has 0 bridgehead atoms. The highest BCUT2D eigenvalue weighted by Gasteiger charge is 2.30. The van der Waals surface area contributed by atoms with Gasteiger partial charge in [-0.2, -0.15) is 0 Å². The Hall–Kier alpha value is -1.07. The SMILES string of the molecule is COc1ccc(CNC2CC2)cc1CS(=O)(=O)C(C)(C)C. The van der Waals surface area contributed by atoms with Crippen LogP contribution < -0.4 is 10.1 Å². The number of rotatable bonds is 6.